The Balaban J connectivity index is 1.53. The Morgan fingerprint density at radius 3 is 2.50 bits per heavy atom. The van der Waals surface area contributed by atoms with Crippen molar-refractivity contribution in [2.45, 2.75) is 45.2 Å². The molecular formula is C20H25ClFN3O3. The standard InChI is InChI=1S/C20H25ClFN3O3/c1-12(2)25-11-13(10-17(25)26)19(27)23-14-6-8-24(9-7-14)20(28)18-15(21)4-3-5-16(18)22/h3-5,12-14H,6-11H2,1-2H3,(H,23,27). The summed E-state index contributed by atoms with van der Waals surface area (Å²) in [6, 6.07) is 4.20. The zero-order chi connectivity index (χ0) is 20.4. The van der Waals surface area contributed by atoms with Gasteiger partial charge in [0.05, 0.1) is 16.5 Å². The molecule has 6 nitrogen and oxygen atoms in total. The number of carbonyl (C=O) groups is 3. The smallest absolute Gasteiger partial charge is 0.258 e. The van der Waals surface area contributed by atoms with E-state index in [-0.39, 0.29) is 46.8 Å². The second-order valence-electron chi connectivity index (χ2n) is 7.71. The second-order valence-corrected chi connectivity index (χ2v) is 8.12. The first-order chi connectivity index (χ1) is 13.3. The van der Waals surface area contributed by atoms with Gasteiger partial charge >= 0.3 is 0 Å². The van der Waals surface area contributed by atoms with Gasteiger partial charge in [-0.2, -0.15) is 0 Å². The number of nitrogens with zero attached hydrogens (tertiary/aromatic N) is 2. The maximum absolute atomic E-state index is 14.0. The van der Waals surface area contributed by atoms with Crippen LogP contribution in [0.3, 0.4) is 0 Å². The van der Waals surface area contributed by atoms with Crippen LogP contribution >= 0.6 is 11.6 Å². The van der Waals surface area contributed by atoms with Crippen molar-refractivity contribution in [2.75, 3.05) is 19.6 Å². The molecule has 152 valence electrons. The average Bonchev–Trinajstić information content (AvgIpc) is 3.04. The molecule has 8 heteroatoms. The first-order valence-corrected chi connectivity index (χ1v) is 9.99. The summed E-state index contributed by atoms with van der Waals surface area (Å²) in [5.41, 5.74) is -0.107. The number of halogens is 2. The number of piperidine rings is 1. The van der Waals surface area contributed by atoms with E-state index in [1.54, 1.807) is 9.80 Å². The van der Waals surface area contributed by atoms with Crippen molar-refractivity contribution in [2.24, 2.45) is 5.92 Å². The summed E-state index contributed by atoms with van der Waals surface area (Å²) in [4.78, 5) is 40.4. The van der Waals surface area contributed by atoms with Crippen molar-refractivity contribution in [3.8, 4) is 0 Å². The van der Waals surface area contributed by atoms with Crippen molar-refractivity contribution < 1.29 is 18.8 Å². The molecule has 28 heavy (non-hydrogen) atoms. The van der Waals surface area contributed by atoms with E-state index in [0.29, 0.717) is 32.5 Å². The molecule has 0 saturated carbocycles. The van der Waals surface area contributed by atoms with Crippen molar-refractivity contribution in [3.05, 3.63) is 34.6 Å². The molecule has 0 aromatic heterocycles. The van der Waals surface area contributed by atoms with E-state index >= 15 is 0 Å². The van der Waals surface area contributed by atoms with E-state index in [0.717, 1.165) is 0 Å². The Hall–Kier alpha value is -2.15. The third-order valence-corrected chi connectivity index (χ3v) is 5.77. The van der Waals surface area contributed by atoms with Gasteiger partial charge in [0, 0.05) is 38.1 Å². The molecule has 2 aliphatic heterocycles. The van der Waals surface area contributed by atoms with Crippen molar-refractivity contribution in [1.29, 1.82) is 0 Å². The minimum Gasteiger partial charge on any atom is -0.353 e. The van der Waals surface area contributed by atoms with Gasteiger partial charge in [-0.3, -0.25) is 14.4 Å². The van der Waals surface area contributed by atoms with Gasteiger partial charge < -0.3 is 15.1 Å². The Bertz CT molecular complexity index is 758. The first-order valence-electron chi connectivity index (χ1n) is 9.61. The first kappa shape index (κ1) is 20.6. The predicted molar refractivity (Wildman–Crippen MR) is 103 cm³/mol. The molecule has 1 N–H and O–H groups in total. The molecule has 0 aliphatic carbocycles. The molecule has 1 aromatic carbocycles. The molecule has 1 atom stereocenters. The summed E-state index contributed by atoms with van der Waals surface area (Å²) in [7, 11) is 0. The number of likely N-dealkylation sites (tertiary alicyclic amines) is 2. The Morgan fingerprint density at radius 1 is 1.25 bits per heavy atom. The summed E-state index contributed by atoms with van der Waals surface area (Å²) in [5.74, 6) is -1.49. The van der Waals surface area contributed by atoms with Crippen LogP contribution in [0, 0.1) is 11.7 Å². The van der Waals surface area contributed by atoms with E-state index in [2.05, 4.69) is 5.32 Å². The van der Waals surface area contributed by atoms with E-state index in [9.17, 15) is 18.8 Å². The van der Waals surface area contributed by atoms with Crippen LogP contribution in [0.2, 0.25) is 5.02 Å². The van der Waals surface area contributed by atoms with E-state index < -0.39 is 11.7 Å². The number of carbonyl (C=O) groups excluding carboxylic acids is 3. The molecule has 2 heterocycles. The van der Waals surface area contributed by atoms with Gasteiger partial charge in [-0.15, -0.1) is 0 Å². The fourth-order valence-corrected chi connectivity index (χ4v) is 4.06. The SMILES string of the molecule is CC(C)N1CC(C(=O)NC2CCN(C(=O)c3c(F)cccc3Cl)CC2)CC1=O. The van der Waals surface area contributed by atoms with Crippen LogP contribution in [0.4, 0.5) is 4.39 Å². The van der Waals surface area contributed by atoms with Crippen LogP contribution in [0.25, 0.3) is 0 Å². The molecular weight excluding hydrogens is 385 g/mol. The highest BCUT2D eigenvalue weighted by Crippen LogP contribution is 2.24. The number of amides is 3. The highest BCUT2D eigenvalue weighted by Gasteiger charge is 2.36. The van der Waals surface area contributed by atoms with Crippen LogP contribution in [0.15, 0.2) is 18.2 Å². The molecule has 1 aromatic rings. The third kappa shape index (κ3) is 4.29. The number of benzene rings is 1. The fourth-order valence-electron chi connectivity index (χ4n) is 3.81. The molecule has 2 aliphatic rings. The minimum atomic E-state index is -0.631. The summed E-state index contributed by atoms with van der Waals surface area (Å²) in [6.45, 7) is 5.15. The molecule has 3 rings (SSSR count). The van der Waals surface area contributed by atoms with Gasteiger partial charge in [-0.05, 0) is 38.8 Å². The Labute approximate surface area is 169 Å². The molecule has 0 radical (unpaired) electrons. The van der Waals surface area contributed by atoms with Crippen LogP contribution in [0.5, 0.6) is 0 Å². The van der Waals surface area contributed by atoms with Crippen LogP contribution < -0.4 is 5.32 Å². The van der Waals surface area contributed by atoms with E-state index in [1.165, 1.54) is 18.2 Å². The molecule has 2 saturated heterocycles. The minimum absolute atomic E-state index is 0.0114. The quantitative estimate of drug-likeness (QED) is 0.830. The van der Waals surface area contributed by atoms with Gasteiger partial charge in [-0.25, -0.2) is 4.39 Å². The van der Waals surface area contributed by atoms with Crippen molar-refractivity contribution in [1.82, 2.24) is 15.1 Å². The number of hydrogen-bond donors (Lipinski definition) is 1. The van der Waals surface area contributed by atoms with Gasteiger partial charge in [0.1, 0.15) is 5.82 Å². The Kier molecular flexibility index (Phi) is 6.23. The zero-order valence-corrected chi connectivity index (χ0v) is 16.8. The zero-order valence-electron chi connectivity index (χ0n) is 16.1. The lowest BCUT2D eigenvalue weighted by molar-refractivity contribution is -0.130. The highest BCUT2D eigenvalue weighted by molar-refractivity contribution is 6.33. The van der Waals surface area contributed by atoms with Crippen LogP contribution in [-0.4, -0.2) is 59.2 Å². The second kappa shape index (κ2) is 8.47. The molecule has 0 bridgehead atoms. The van der Waals surface area contributed by atoms with Gasteiger partial charge in [0.2, 0.25) is 11.8 Å². The van der Waals surface area contributed by atoms with Gasteiger partial charge in [0.25, 0.3) is 5.91 Å². The third-order valence-electron chi connectivity index (χ3n) is 5.46. The Morgan fingerprint density at radius 2 is 1.93 bits per heavy atom. The molecule has 1 unspecified atom stereocenters. The van der Waals surface area contributed by atoms with E-state index in [1.807, 2.05) is 13.8 Å². The van der Waals surface area contributed by atoms with Crippen molar-refractivity contribution in [3.63, 3.8) is 0 Å². The summed E-state index contributed by atoms with van der Waals surface area (Å²) in [5, 5.41) is 3.11. The van der Waals surface area contributed by atoms with Crippen LogP contribution in [0.1, 0.15) is 43.5 Å². The maximum atomic E-state index is 14.0. The van der Waals surface area contributed by atoms with Crippen LogP contribution in [-0.2, 0) is 9.59 Å². The maximum Gasteiger partial charge on any atom is 0.258 e. The lowest BCUT2D eigenvalue weighted by atomic mass is 10.0. The number of hydrogen-bond acceptors (Lipinski definition) is 3. The van der Waals surface area contributed by atoms with Gasteiger partial charge in [0.15, 0.2) is 0 Å². The average molecular weight is 410 g/mol. The fraction of sp³-hybridized carbons (Fsp3) is 0.550. The predicted octanol–water partition coefficient (Wildman–Crippen LogP) is 2.46. The summed E-state index contributed by atoms with van der Waals surface area (Å²) in [6.07, 6.45) is 1.41. The lowest BCUT2D eigenvalue weighted by Crippen LogP contribution is -2.48. The molecule has 0 spiro atoms. The monoisotopic (exact) mass is 409 g/mol. The normalized spacial score (nSPS) is 20.8. The number of nitrogens with one attached hydrogen (secondary N) is 1. The van der Waals surface area contributed by atoms with E-state index in [4.69, 9.17) is 11.6 Å². The summed E-state index contributed by atoms with van der Waals surface area (Å²) < 4.78 is 14.0. The number of rotatable bonds is 4. The topological polar surface area (TPSA) is 69.7 Å². The summed E-state index contributed by atoms with van der Waals surface area (Å²) >= 11 is 5.98. The van der Waals surface area contributed by atoms with Gasteiger partial charge in [-0.1, -0.05) is 17.7 Å². The highest BCUT2D eigenvalue weighted by atomic mass is 35.5. The molecule has 2 fully saturated rings. The lowest BCUT2D eigenvalue weighted by Gasteiger charge is -2.33. The molecule has 3 amide bonds. The van der Waals surface area contributed by atoms with Crippen molar-refractivity contribution >= 4 is 29.3 Å². The largest absolute Gasteiger partial charge is 0.353 e.